The number of fused-ring (bicyclic) bond motifs is 1. The second-order valence-electron chi connectivity index (χ2n) is 8.80. The maximum atomic E-state index is 12.1. The number of carbonyl (C=O) groups is 1. The molecule has 0 N–H and O–H groups in total. The molecule has 4 rings (SSSR count). The Balaban J connectivity index is 1.86. The van der Waals surface area contributed by atoms with Crippen LogP contribution in [0.15, 0.2) is 72.9 Å². The monoisotopic (exact) mass is 397 g/mol. The molecule has 3 nitrogen and oxygen atoms in total. The first-order valence-corrected chi connectivity index (χ1v) is 10.3. The number of rotatable bonds is 5. The highest BCUT2D eigenvalue weighted by Gasteiger charge is 2.20. The molecule has 152 valence electrons. The van der Waals surface area contributed by atoms with Crippen molar-refractivity contribution in [3.05, 3.63) is 95.3 Å². The van der Waals surface area contributed by atoms with E-state index in [-0.39, 0.29) is 5.41 Å². The van der Waals surface area contributed by atoms with E-state index in [0.717, 1.165) is 39.8 Å². The minimum atomic E-state index is -0.0101. The number of nitrogens with zero attached hydrogens (tertiary/aromatic N) is 1. The third-order valence-corrected chi connectivity index (χ3v) is 5.45. The van der Waals surface area contributed by atoms with Crippen molar-refractivity contribution in [1.82, 2.24) is 4.40 Å². The summed E-state index contributed by atoms with van der Waals surface area (Å²) in [5.41, 5.74) is 6.94. The van der Waals surface area contributed by atoms with Crippen LogP contribution >= 0.6 is 0 Å². The Bertz CT molecular complexity index is 1200. The van der Waals surface area contributed by atoms with Gasteiger partial charge in [-0.1, -0.05) is 57.2 Å². The van der Waals surface area contributed by atoms with Gasteiger partial charge in [0.25, 0.3) is 0 Å². The van der Waals surface area contributed by atoms with Gasteiger partial charge in [-0.15, -0.1) is 0 Å². The quantitative estimate of drug-likeness (QED) is 0.355. The van der Waals surface area contributed by atoms with E-state index in [0.29, 0.717) is 12.3 Å². The van der Waals surface area contributed by atoms with Crippen LogP contribution in [0.5, 0.6) is 5.75 Å². The molecular formula is C27H27NO2. The van der Waals surface area contributed by atoms with Crippen molar-refractivity contribution in [2.45, 2.75) is 39.7 Å². The summed E-state index contributed by atoms with van der Waals surface area (Å²) in [7, 11) is 0. The molecule has 0 aliphatic rings. The first-order valence-electron chi connectivity index (χ1n) is 10.3. The Morgan fingerprint density at radius 3 is 2.40 bits per heavy atom. The molecule has 0 radical (unpaired) electrons. The molecular weight excluding hydrogens is 370 g/mol. The normalized spacial score (nSPS) is 11.6. The van der Waals surface area contributed by atoms with Crippen LogP contribution in [0.1, 0.15) is 48.0 Å². The van der Waals surface area contributed by atoms with Crippen LogP contribution in [0.4, 0.5) is 0 Å². The van der Waals surface area contributed by atoms with E-state index in [1.807, 2.05) is 40.9 Å². The number of hydrogen-bond acceptors (Lipinski definition) is 2. The second kappa shape index (κ2) is 7.83. The maximum Gasteiger partial charge on any atom is 0.167 e. The van der Waals surface area contributed by atoms with Crippen LogP contribution in [0, 0.1) is 6.92 Å². The van der Waals surface area contributed by atoms with E-state index in [1.54, 1.807) is 0 Å². The van der Waals surface area contributed by atoms with E-state index in [1.165, 1.54) is 5.56 Å². The molecule has 0 saturated heterocycles. The molecule has 2 heterocycles. The van der Waals surface area contributed by atoms with Gasteiger partial charge in [-0.2, -0.15) is 0 Å². The van der Waals surface area contributed by atoms with Gasteiger partial charge in [0.2, 0.25) is 0 Å². The summed E-state index contributed by atoms with van der Waals surface area (Å²) in [5, 5.41) is 0. The average molecular weight is 398 g/mol. The van der Waals surface area contributed by atoms with Crippen molar-refractivity contribution in [3.8, 4) is 16.9 Å². The lowest BCUT2D eigenvalue weighted by molar-refractivity contribution is 0.111. The van der Waals surface area contributed by atoms with Gasteiger partial charge in [-0.05, 0) is 59.4 Å². The third kappa shape index (κ3) is 3.88. The van der Waals surface area contributed by atoms with E-state index >= 15 is 0 Å². The standard InChI is InChI=1S/C27H27NO2/c1-19-12-13-28-22(14-19)16-23(25(28)17-29)24-15-21(27(2,3)4)10-11-26(24)30-18-20-8-6-5-7-9-20/h5-17H,18H2,1-4H3. The summed E-state index contributed by atoms with van der Waals surface area (Å²) in [6.07, 6.45) is 2.89. The van der Waals surface area contributed by atoms with Gasteiger partial charge in [-0.3, -0.25) is 4.79 Å². The van der Waals surface area contributed by atoms with Crippen molar-refractivity contribution in [3.63, 3.8) is 0 Å². The molecule has 0 saturated carbocycles. The zero-order valence-electron chi connectivity index (χ0n) is 18.0. The Morgan fingerprint density at radius 2 is 1.70 bits per heavy atom. The topological polar surface area (TPSA) is 30.7 Å². The molecule has 0 aliphatic carbocycles. The predicted octanol–water partition coefficient (Wildman–Crippen LogP) is 6.60. The average Bonchev–Trinajstić information content (AvgIpc) is 3.09. The first kappa shape index (κ1) is 20.0. The molecule has 30 heavy (non-hydrogen) atoms. The van der Waals surface area contributed by atoms with Crippen LogP contribution in [-0.4, -0.2) is 10.7 Å². The highest BCUT2D eigenvalue weighted by molar-refractivity contribution is 5.91. The van der Waals surface area contributed by atoms with Gasteiger partial charge in [0.15, 0.2) is 6.29 Å². The second-order valence-corrected chi connectivity index (χ2v) is 8.80. The Labute approximate surface area is 177 Å². The molecule has 2 aromatic carbocycles. The van der Waals surface area contributed by atoms with Gasteiger partial charge in [0.1, 0.15) is 12.4 Å². The van der Waals surface area contributed by atoms with E-state index in [2.05, 4.69) is 64.1 Å². The predicted molar refractivity (Wildman–Crippen MR) is 122 cm³/mol. The number of hydrogen-bond donors (Lipinski definition) is 0. The molecule has 0 amide bonds. The Hall–Kier alpha value is -3.33. The molecule has 0 bridgehead atoms. The molecule has 0 spiro atoms. The van der Waals surface area contributed by atoms with Crippen LogP contribution in [0.25, 0.3) is 16.6 Å². The molecule has 2 aromatic heterocycles. The fraction of sp³-hybridized carbons (Fsp3) is 0.222. The molecule has 0 atom stereocenters. The van der Waals surface area contributed by atoms with Crippen molar-refractivity contribution < 1.29 is 9.53 Å². The first-order chi connectivity index (χ1) is 14.4. The van der Waals surface area contributed by atoms with Gasteiger partial charge in [-0.25, -0.2) is 0 Å². The minimum absolute atomic E-state index is 0.0101. The number of aromatic nitrogens is 1. The summed E-state index contributed by atoms with van der Waals surface area (Å²) in [6.45, 7) is 9.11. The molecule has 0 aliphatic heterocycles. The smallest absolute Gasteiger partial charge is 0.167 e. The van der Waals surface area contributed by atoms with Crippen LogP contribution in [0.2, 0.25) is 0 Å². The van der Waals surface area contributed by atoms with E-state index in [4.69, 9.17) is 4.74 Å². The molecule has 3 heteroatoms. The largest absolute Gasteiger partial charge is 0.488 e. The Kier molecular flexibility index (Phi) is 5.21. The van der Waals surface area contributed by atoms with Gasteiger partial charge >= 0.3 is 0 Å². The van der Waals surface area contributed by atoms with Crippen molar-refractivity contribution >= 4 is 11.8 Å². The lowest BCUT2D eigenvalue weighted by Crippen LogP contribution is -2.11. The zero-order valence-corrected chi connectivity index (χ0v) is 18.0. The SMILES string of the molecule is Cc1ccn2c(C=O)c(-c3cc(C(C)(C)C)ccc3OCc3ccccc3)cc2c1. The Morgan fingerprint density at radius 1 is 0.933 bits per heavy atom. The fourth-order valence-electron chi connectivity index (χ4n) is 3.72. The van der Waals surface area contributed by atoms with Crippen molar-refractivity contribution in [2.75, 3.05) is 0 Å². The summed E-state index contributed by atoms with van der Waals surface area (Å²) in [5.74, 6) is 0.780. The third-order valence-electron chi connectivity index (χ3n) is 5.45. The van der Waals surface area contributed by atoms with Crippen LogP contribution < -0.4 is 4.74 Å². The van der Waals surface area contributed by atoms with Gasteiger partial charge < -0.3 is 9.14 Å². The number of benzene rings is 2. The fourth-order valence-corrected chi connectivity index (χ4v) is 3.72. The number of aryl methyl sites for hydroxylation is 1. The van der Waals surface area contributed by atoms with Crippen LogP contribution in [-0.2, 0) is 12.0 Å². The summed E-state index contributed by atoms with van der Waals surface area (Å²) in [6, 6.07) is 22.6. The lowest BCUT2D eigenvalue weighted by atomic mass is 9.85. The maximum absolute atomic E-state index is 12.1. The van der Waals surface area contributed by atoms with Gasteiger partial charge in [0.05, 0.1) is 5.69 Å². The lowest BCUT2D eigenvalue weighted by Gasteiger charge is -2.21. The van der Waals surface area contributed by atoms with Crippen LogP contribution in [0.3, 0.4) is 0 Å². The summed E-state index contributed by atoms with van der Waals surface area (Å²) >= 11 is 0. The molecule has 0 fully saturated rings. The van der Waals surface area contributed by atoms with E-state index in [9.17, 15) is 4.79 Å². The molecule has 4 aromatic rings. The zero-order chi connectivity index (χ0) is 21.3. The summed E-state index contributed by atoms with van der Waals surface area (Å²) in [4.78, 5) is 12.1. The van der Waals surface area contributed by atoms with Crippen molar-refractivity contribution in [2.24, 2.45) is 0 Å². The van der Waals surface area contributed by atoms with Gasteiger partial charge in [0, 0.05) is 22.8 Å². The summed E-state index contributed by atoms with van der Waals surface area (Å²) < 4.78 is 8.18. The van der Waals surface area contributed by atoms with Crippen molar-refractivity contribution in [1.29, 1.82) is 0 Å². The number of pyridine rings is 1. The number of carbonyl (C=O) groups excluding carboxylic acids is 1. The van der Waals surface area contributed by atoms with E-state index < -0.39 is 0 Å². The highest BCUT2D eigenvalue weighted by Crippen LogP contribution is 2.38. The number of aldehydes is 1. The molecule has 0 unspecified atom stereocenters. The number of ether oxygens (including phenoxy) is 1. The highest BCUT2D eigenvalue weighted by atomic mass is 16.5. The minimum Gasteiger partial charge on any atom is -0.488 e.